The Morgan fingerprint density at radius 3 is 2.90 bits per heavy atom. The fourth-order valence-corrected chi connectivity index (χ4v) is 3.37. The topological polar surface area (TPSA) is 23.5 Å². The van der Waals surface area contributed by atoms with Crippen LogP contribution < -0.4 is 0 Å². The molecule has 1 aromatic carbocycles. The standard InChI is InChI=1S/C16H23BrFNO/c1-2-8-19-9-3-6-16(20,7-10-19)12-13-11-14(18)4-5-15(13)17/h4-5,11,20H,2-3,6-10,12H2,1H3. The van der Waals surface area contributed by atoms with Gasteiger partial charge in [-0.15, -0.1) is 0 Å². The Labute approximate surface area is 129 Å². The molecule has 0 aliphatic carbocycles. The molecular formula is C16H23BrFNO. The summed E-state index contributed by atoms with van der Waals surface area (Å²) in [6.45, 7) is 5.26. The summed E-state index contributed by atoms with van der Waals surface area (Å²) in [6, 6.07) is 4.68. The lowest BCUT2D eigenvalue weighted by molar-refractivity contribution is 0.0255. The number of benzene rings is 1. The third-order valence-corrected chi connectivity index (χ3v) is 4.85. The van der Waals surface area contributed by atoms with Gasteiger partial charge in [0.25, 0.3) is 0 Å². The van der Waals surface area contributed by atoms with Gasteiger partial charge in [-0.25, -0.2) is 4.39 Å². The number of nitrogens with zero attached hydrogens (tertiary/aromatic N) is 1. The van der Waals surface area contributed by atoms with Crippen LogP contribution in [0.5, 0.6) is 0 Å². The summed E-state index contributed by atoms with van der Waals surface area (Å²) >= 11 is 3.45. The zero-order chi connectivity index (χ0) is 14.6. The van der Waals surface area contributed by atoms with Crippen LogP contribution in [0.1, 0.15) is 38.2 Å². The Bertz CT molecular complexity index is 454. The van der Waals surface area contributed by atoms with Gasteiger partial charge in [-0.2, -0.15) is 0 Å². The molecule has 1 saturated heterocycles. The van der Waals surface area contributed by atoms with E-state index in [0.29, 0.717) is 6.42 Å². The molecule has 2 nitrogen and oxygen atoms in total. The molecule has 2 rings (SSSR count). The summed E-state index contributed by atoms with van der Waals surface area (Å²) in [5, 5.41) is 10.8. The third kappa shape index (κ3) is 4.27. The summed E-state index contributed by atoms with van der Waals surface area (Å²) in [5.74, 6) is -0.243. The molecule has 0 saturated carbocycles. The van der Waals surface area contributed by atoms with E-state index in [1.54, 1.807) is 6.07 Å². The Balaban J connectivity index is 2.05. The van der Waals surface area contributed by atoms with E-state index in [1.165, 1.54) is 12.1 Å². The highest BCUT2D eigenvalue weighted by molar-refractivity contribution is 9.10. The first-order valence-corrected chi connectivity index (χ1v) is 8.20. The largest absolute Gasteiger partial charge is 0.389 e. The predicted molar refractivity (Wildman–Crippen MR) is 83.3 cm³/mol. The molecule has 4 heteroatoms. The molecule has 1 heterocycles. The van der Waals surface area contributed by atoms with E-state index in [2.05, 4.69) is 27.8 Å². The molecule has 1 aromatic rings. The van der Waals surface area contributed by atoms with Crippen molar-refractivity contribution in [3.63, 3.8) is 0 Å². The fourth-order valence-electron chi connectivity index (χ4n) is 2.98. The lowest BCUT2D eigenvalue weighted by Gasteiger charge is -2.27. The average molecular weight is 344 g/mol. The minimum atomic E-state index is -0.710. The van der Waals surface area contributed by atoms with Crippen molar-refractivity contribution in [1.82, 2.24) is 4.90 Å². The number of halogens is 2. The maximum Gasteiger partial charge on any atom is 0.123 e. The van der Waals surface area contributed by atoms with Gasteiger partial charge in [0, 0.05) is 17.4 Å². The quantitative estimate of drug-likeness (QED) is 0.899. The van der Waals surface area contributed by atoms with E-state index in [0.717, 1.165) is 55.4 Å². The maximum atomic E-state index is 13.4. The third-order valence-electron chi connectivity index (χ3n) is 4.08. The molecule has 20 heavy (non-hydrogen) atoms. The number of hydrogen-bond donors (Lipinski definition) is 1. The zero-order valence-electron chi connectivity index (χ0n) is 12.0. The first-order chi connectivity index (χ1) is 9.52. The van der Waals surface area contributed by atoms with Gasteiger partial charge in [0.2, 0.25) is 0 Å². The van der Waals surface area contributed by atoms with Crippen molar-refractivity contribution < 1.29 is 9.50 Å². The molecular weight excluding hydrogens is 321 g/mol. The van der Waals surface area contributed by atoms with E-state index in [-0.39, 0.29) is 5.82 Å². The molecule has 1 fully saturated rings. The van der Waals surface area contributed by atoms with Gasteiger partial charge in [-0.1, -0.05) is 22.9 Å². The summed E-state index contributed by atoms with van der Waals surface area (Å²) < 4.78 is 14.2. The predicted octanol–water partition coefficient (Wildman–Crippen LogP) is 3.76. The second kappa shape index (κ2) is 7.01. The van der Waals surface area contributed by atoms with Gasteiger partial charge >= 0.3 is 0 Å². The minimum Gasteiger partial charge on any atom is -0.389 e. The van der Waals surface area contributed by atoms with Crippen molar-refractivity contribution in [2.75, 3.05) is 19.6 Å². The smallest absolute Gasteiger partial charge is 0.123 e. The van der Waals surface area contributed by atoms with Crippen LogP contribution >= 0.6 is 15.9 Å². The number of hydrogen-bond acceptors (Lipinski definition) is 2. The highest BCUT2D eigenvalue weighted by atomic mass is 79.9. The highest BCUT2D eigenvalue weighted by Gasteiger charge is 2.30. The van der Waals surface area contributed by atoms with E-state index in [1.807, 2.05) is 0 Å². The first-order valence-electron chi connectivity index (χ1n) is 7.41. The number of likely N-dealkylation sites (tertiary alicyclic amines) is 1. The minimum absolute atomic E-state index is 0.243. The first kappa shape index (κ1) is 15.9. The Kier molecular flexibility index (Phi) is 5.58. The van der Waals surface area contributed by atoms with Crippen LogP contribution in [0.2, 0.25) is 0 Å². The van der Waals surface area contributed by atoms with Crippen LogP contribution in [-0.2, 0) is 6.42 Å². The molecule has 112 valence electrons. The lowest BCUT2D eigenvalue weighted by Crippen LogP contribution is -2.33. The molecule has 0 radical (unpaired) electrons. The summed E-state index contributed by atoms with van der Waals surface area (Å²) in [4.78, 5) is 2.42. The normalized spacial score (nSPS) is 24.6. The Morgan fingerprint density at radius 1 is 1.35 bits per heavy atom. The molecule has 0 aromatic heterocycles. The van der Waals surface area contributed by atoms with Crippen LogP contribution in [0.25, 0.3) is 0 Å². The molecule has 0 amide bonds. The Hall–Kier alpha value is -0.450. The average Bonchev–Trinajstić information content (AvgIpc) is 2.57. The zero-order valence-corrected chi connectivity index (χ0v) is 13.6. The van der Waals surface area contributed by atoms with Crippen molar-refractivity contribution in [2.45, 2.75) is 44.6 Å². The SMILES string of the molecule is CCCN1CCCC(O)(Cc2cc(F)ccc2Br)CC1. The summed E-state index contributed by atoms with van der Waals surface area (Å²) in [7, 11) is 0. The van der Waals surface area contributed by atoms with Crippen molar-refractivity contribution >= 4 is 15.9 Å². The monoisotopic (exact) mass is 343 g/mol. The van der Waals surface area contributed by atoms with Crippen LogP contribution in [0.4, 0.5) is 4.39 Å². The van der Waals surface area contributed by atoms with Crippen molar-refractivity contribution in [3.8, 4) is 0 Å². The van der Waals surface area contributed by atoms with Crippen LogP contribution in [0.15, 0.2) is 22.7 Å². The van der Waals surface area contributed by atoms with Crippen molar-refractivity contribution in [1.29, 1.82) is 0 Å². The van der Waals surface area contributed by atoms with Crippen molar-refractivity contribution in [3.05, 3.63) is 34.1 Å². The summed E-state index contributed by atoms with van der Waals surface area (Å²) in [5.41, 5.74) is 0.148. The molecule has 1 atom stereocenters. The van der Waals surface area contributed by atoms with Crippen LogP contribution in [0.3, 0.4) is 0 Å². The lowest BCUT2D eigenvalue weighted by atomic mass is 9.88. The molecule has 0 bridgehead atoms. The van der Waals surface area contributed by atoms with Gasteiger partial charge in [-0.05, 0) is 62.5 Å². The van der Waals surface area contributed by atoms with Gasteiger partial charge < -0.3 is 10.0 Å². The van der Waals surface area contributed by atoms with Gasteiger partial charge in [0.05, 0.1) is 5.60 Å². The number of aliphatic hydroxyl groups is 1. The molecule has 1 unspecified atom stereocenters. The molecule has 0 spiro atoms. The van der Waals surface area contributed by atoms with Crippen LogP contribution in [0, 0.1) is 5.82 Å². The number of rotatable bonds is 4. The maximum absolute atomic E-state index is 13.4. The van der Waals surface area contributed by atoms with Crippen LogP contribution in [-0.4, -0.2) is 35.2 Å². The van der Waals surface area contributed by atoms with Gasteiger partial charge in [0.15, 0.2) is 0 Å². The summed E-state index contributed by atoms with van der Waals surface area (Å²) in [6.07, 6.45) is 4.22. The van der Waals surface area contributed by atoms with E-state index >= 15 is 0 Å². The van der Waals surface area contributed by atoms with Gasteiger partial charge in [0.1, 0.15) is 5.82 Å². The van der Waals surface area contributed by atoms with E-state index in [4.69, 9.17) is 0 Å². The van der Waals surface area contributed by atoms with E-state index in [9.17, 15) is 9.50 Å². The molecule has 1 aliphatic heterocycles. The second-order valence-corrected chi connectivity index (χ2v) is 6.69. The second-order valence-electron chi connectivity index (χ2n) is 5.83. The van der Waals surface area contributed by atoms with E-state index < -0.39 is 5.60 Å². The molecule has 1 N–H and O–H groups in total. The van der Waals surface area contributed by atoms with Gasteiger partial charge in [-0.3, -0.25) is 0 Å². The highest BCUT2D eigenvalue weighted by Crippen LogP contribution is 2.30. The molecule has 1 aliphatic rings. The Morgan fingerprint density at radius 2 is 2.15 bits per heavy atom. The fraction of sp³-hybridized carbons (Fsp3) is 0.625. The van der Waals surface area contributed by atoms with Crippen molar-refractivity contribution in [2.24, 2.45) is 0 Å².